The summed E-state index contributed by atoms with van der Waals surface area (Å²) in [6, 6.07) is 0. The minimum atomic E-state index is 0.468. The molecule has 0 aromatic rings. The van der Waals surface area contributed by atoms with Gasteiger partial charge in [0.25, 0.3) is 0 Å². The van der Waals surface area contributed by atoms with Gasteiger partial charge in [0.2, 0.25) is 0 Å². The number of ether oxygens (including phenoxy) is 1. The Kier molecular flexibility index (Phi) is 2.70. The first-order valence-corrected chi connectivity index (χ1v) is 5.89. The molecule has 0 aromatic heterocycles. The summed E-state index contributed by atoms with van der Waals surface area (Å²) in [5.74, 6) is 2.85. The fraction of sp³-hybridized carbons (Fsp3) is 0.846. The summed E-state index contributed by atoms with van der Waals surface area (Å²) in [4.78, 5) is 0. The van der Waals surface area contributed by atoms with Crippen molar-refractivity contribution < 1.29 is 4.74 Å². The van der Waals surface area contributed by atoms with Gasteiger partial charge in [0.05, 0.1) is 12.7 Å². The summed E-state index contributed by atoms with van der Waals surface area (Å²) >= 11 is 0. The Morgan fingerprint density at radius 2 is 2.14 bits per heavy atom. The molecule has 14 heavy (non-hydrogen) atoms. The molecule has 0 spiro atoms. The van der Waals surface area contributed by atoms with E-state index in [0.717, 1.165) is 18.4 Å². The highest BCUT2D eigenvalue weighted by atomic mass is 16.5. The number of fused-ring (bicyclic) bond motifs is 2. The molecule has 1 nitrogen and oxygen atoms in total. The Hall–Kier alpha value is -0.300. The van der Waals surface area contributed by atoms with Gasteiger partial charge in [0.15, 0.2) is 0 Å². The van der Waals surface area contributed by atoms with Gasteiger partial charge in [0, 0.05) is 5.92 Å². The Morgan fingerprint density at radius 3 is 2.79 bits per heavy atom. The second-order valence-corrected chi connectivity index (χ2v) is 5.41. The van der Waals surface area contributed by atoms with E-state index < -0.39 is 0 Å². The van der Waals surface area contributed by atoms with E-state index in [-0.39, 0.29) is 0 Å². The quantitative estimate of drug-likeness (QED) is 0.582. The van der Waals surface area contributed by atoms with Gasteiger partial charge in [-0.05, 0) is 31.1 Å². The maximum Gasteiger partial charge on any atom is 0.0663 e. The van der Waals surface area contributed by atoms with Gasteiger partial charge < -0.3 is 4.74 Å². The van der Waals surface area contributed by atoms with E-state index in [0.29, 0.717) is 17.9 Å². The molecule has 0 saturated carbocycles. The number of allylic oxidation sites excluding steroid dienone is 1. The zero-order chi connectivity index (χ0) is 10.3. The molecule has 2 bridgehead atoms. The van der Waals surface area contributed by atoms with Crippen LogP contribution in [0.5, 0.6) is 0 Å². The summed E-state index contributed by atoms with van der Waals surface area (Å²) in [5, 5.41) is 0. The normalized spacial score (nSPS) is 42.5. The zero-order valence-electron chi connectivity index (χ0n) is 9.79. The number of rotatable bonds is 1. The highest BCUT2D eigenvalue weighted by Crippen LogP contribution is 2.41. The zero-order valence-corrected chi connectivity index (χ0v) is 9.79. The van der Waals surface area contributed by atoms with E-state index in [9.17, 15) is 0 Å². The van der Waals surface area contributed by atoms with Crippen LogP contribution < -0.4 is 0 Å². The Morgan fingerprint density at radius 1 is 1.43 bits per heavy atom. The highest BCUT2D eigenvalue weighted by molar-refractivity contribution is 5.14. The van der Waals surface area contributed by atoms with Gasteiger partial charge in [-0.1, -0.05) is 32.4 Å². The van der Waals surface area contributed by atoms with Gasteiger partial charge in [-0.2, -0.15) is 0 Å². The first-order chi connectivity index (χ1) is 6.59. The van der Waals surface area contributed by atoms with Crippen LogP contribution >= 0.6 is 0 Å². The average Bonchev–Trinajstić information content (AvgIpc) is 2.14. The summed E-state index contributed by atoms with van der Waals surface area (Å²) < 4.78 is 6.01. The molecule has 0 unspecified atom stereocenters. The first-order valence-electron chi connectivity index (χ1n) is 5.89. The molecule has 0 aromatic carbocycles. The molecular formula is C13H22O. The molecule has 0 amide bonds. The van der Waals surface area contributed by atoms with Crippen LogP contribution in [0.1, 0.15) is 34.1 Å². The van der Waals surface area contributed by atoms with Crippen LogP contribution in [-0.2, 0) is 4.74 Å². The topological polar surface area (TPSA) is 9.23 Å². The van der Waals surface area contributed by atoms with Gasteiger partial charge in [-0.3, -0.25) is 0 Å². The van der Waals surface area contributed by atoms with Crippen molar-refractivity contribution in [1.29, 1.82) is 0 Å². The van der Waals surface area contributed by atoms with Crippen molar-refractivity contribution in [2.24, 2.45) is 23.7 Å². The smallest absolute Gasteiger partial charge is 0.0663 e. The average molecular weight is 194 g/mol. The van der Waals surface area contributed by atoms with Gasteiger partial charge in [-0.15, -0.1) is 0 Å². The van der Waals surface area contributed by atoms with Crippen LogP contribution in [-0.4, -0.2) is 12.7 Å². The summed E-state index contributed by atoms with van der Waals surface area (Å²) in [6.07, 6.45) is 4.29. The van der Waals surface area contributed by atoms with Crippen molar-refractivity contribution in [2.45, 2.75) is 40.2 Å². The summed E-state index contributed by atoms with van der Waals surface area (Å²) in [6.45, 7) is 10.1. The van der Waals surface area contributed by atoms with Crippen molar-refractivity contribution in [1.82, 2.24) is 0 Å². The van der Waals surface area contributed by atoms with E-state index in [4.69, 9.17) is 4.74 Å². The molecule has 80 valence electrons. The molecule has 2 rings (SSSR count). The van der Waals surface area contributed by atoms with Crippen LogP contribution in [0.3, 0.4) is 0 Å². The minimum Gasteiger partial charge on any atom is -0.377 e. The third kappa shape index (κ3) is 1.63. The standard InChI is InChI=1S/C13H22O/c1-8(2)13-12-6-11(7-14-13)9(3)5-10(12)4/h5,8-9,11-13H,6-7H2,1-4H3/t9-,11+,12+,13+/m0/s1. The van der Waals surface area contributed by atoms with Crippen LogP contribution in [0.15, 0.2) is 11.6 Å². The Labute approximate surface area is 87.5 Å². The van der Waals surface area contributed by atoms with E-state index in [1.165, 1.54) is 6.42 Å². The highest BCUT2D eigenvalue weighted by Gasteiger charge is 2.38. The molecular weight excluding hydrogens is 172 g/mol. The molecule has 1 heteroatoms. The van der Waals surface area contributed by atoms with Gasteiger partial charge in [0.1, 0.15) is 0 Å². The van der Waals surface area contributed by atoms with E-state index in [1.807, 2.05) is 0 Å². The maximum absolute atomic E-state index is 6.01. The lowest BCUT2D eigenvalue weighted by molar-refractivity contribution is -0.0808. The monoisotopic (exact) mass is 194 g/mol. The Bertz CT molecular complexity index is 242. The molecule has 1 aliphatic heterocycles. The summed E-state index contributed by atoms with van der Waals surface area (Å²) in [5.41, 5.74) is 1.56. The predicted molar refractivity (Wildman–Crippen MR) is 59.1 cm³/mol. The van der Waals surface area contributed by atoms with Crippen LogP contribution in [0.2, 0.25) is 0 Å². The van der Waals surface area contributed by atoms with E-state index >= 15 is 0 Å². The van der Waals surface area contributed by atoms with Gasteiger partial charge in [-0.25, -0.2) is 0 Å². The lowest BCUT2D eigenvalue weighted by Gasteiger charge is -2.44. The molecule has 1 fully saturated rings. The van der Waals surface area contributed by atoms with E-state index in [1.54, 1.807) is 5.57 Å². The summed E-state index contributed by atoms with van der Waals surface area (Å²) in [7, 11) is 0. The van der Waals surface area contributed by atoms with E-state index in [2.05, 4.69) is 33.8 Å². The first kappa shape index (κ1) is 10.2. The van der Waals surface area contributed by atoms with Crippen molar-refractivity contribution in [2.75, 3.05) is 6.61 Å². The molecule has 1 heterocycles. The van der Waals surface area contributed by atoms with Crippen LogP contribution in [0.25, 0.3) is 0 Å². The third-order valence-electron chi connectivity index (χ3n) is 3.97. The second kappa shape index (κ2) is 3.69. The molecule has 1 saturated heterocycles. The lowest BCUT2D eigenvalue weighted by Crippen LogP contribution is -2.42. The van der Waals surface area contributed by atoms with Crippen LogP contribution in [0.4, 0.5) is 0 Å². The molecule has 0 radical (unpaired) electrons. The van der Waals surface area contributed by atoms with Crippen LogP contribution in [0, 0.1) is 23.7 Å². The third-order valence-corrected chi connectivity index (χ3v) is 3.97. The van der Waals surface area contributed by atoms with Crippen molar-refractivity contribution in [3.63, 3.8) is 0 Å². The van der Waals surface area contributed by atoms with Crippen molar-refractivity contribution in [3.05, 3.63) is 11.6 Å². The molecule has 2 aliphatic rings. The predicted octanol–water partition coefficient (Wildman–Crippen LogP) is 3.26. The number of hydrogen-bond donors (Lipinski definition) is 0. The SMILES string of the molecule is CC1=C[C@H](C)[C@H]2CO[C@H](C(C)C)[C@@H]1C2. The fourth-order valence-electron chi connectivity index (χ4n) is 3.02. The van der Waals surface area contributed by atoms with Gasteiger partial charge >= 0.3 is 0 Å². The molecule has 4 atom stereocenters. The second-order valence-electron chi connectivity index (χ2n) is 5.41. The van der Waals surface area contributed by atoms with Crippen molar-refractivity contribution in [3.8, 4) is 0 Å². The minimum absolute atomic E-state index is 0.468. The molecule has 0 N–H and O–H groups in total. The largest absolute Gasteiger partial charge is 0.377 e. The lowest BCUT2D eigenvalue weighted by atomic mass is 9.70. The number of hydrogen-bond acceptors (Lipinski definition) is 1. The maximum atomic E-state index is 6.01. The Balaban J connectivity index is 2.20. The fourth-order valence-corrected chi connectivity index (χ4v) is 3.02. The molecule has 1 aliphatic carbocycles. The van der Waals surface area contributed by atoms with Crippen molar-refractivity contribution >= 4 is 0 Å².